The van der Waals surface area contributed by atoms with Gasteiger partial charge in [0.05, 0.1) is 6.10 Å². The van der Waals surface area contributed by atoms with E-state index in [1.807, 2.05) is 12.1 Å². The van der Waals surface area contributed by atoms with Crippen LogP contribution in [0.2, 0.25) is 0 Å². The van der Waals surface area contributed by atoms with Crippen molar-refractivity contribution in [2.75, 3.05) is 13.7 Å². The van der Waals surface area contributed by atoms with Crippen molar-refractivity contribution in [3.05, 3.63) is 29.8 Å². The normalized spacial score (nSPS) is 35.3. The van der Waals surface area contributed by atoms with E-state index in [0.29, 0.717) is 5.56 Å². The molecule has 5 aliphatic rings. The fourth-order valence-corrected chi connectivity index (χ4v) is 7.18. The van der Waals surface area contributed by atoms with Crippen LogP contribution < -0.4 is 15.4 Å². The highest BCUT2D eigenvalue weighted by Crippen LogP contribution is 2.55. The average molecular weight is 441 g/mol. The van der Waals surface area contributed by atoms with Gasteiger partial charge in [0, 0.05) is 24.3 Å². The Labute approximate surface area is 190 Å². The summed E-state index contributed by atoms with van der Waals surface area (Å²) in [5.41, 5.74) is 0.702. The first-order valence-corrected chi connectivity index (χ1v) is 12.4. The molecule has 0 unspecified atom stereocenters. The summed E-state index contributed by atoms with van der Waals surface area (Å²) in [5, 5.41) is 6.68. The lowest BCUT2D eigenvalue weighted by Gasteiger charge is -2.56. The standard InChI is InChI=1S/C26H36N2O4/c1-31-16-24(29)20-2-6-22(7-3-20)32-23-8-4-21(5-9-23)27-25(30)28-26-13-17-10-18(14-26)12-19(11-17)15-26/h2-3,6-7,17-19,21,23H,4-5,8-16H2,1H3,(H2,27,28,30)/t17?,18?,19?,21-,23+,26?. The Morgan fingerprint density at radius 3 is 2.09 bits per heavy atom. The fourth-order valence-electron chi connectivity index (χ4n) is 7.18. The van der Waals surface area contributed by atoms with Crippen molar-refractivity contribution >= 4 is 11.8 Å². The molecule has 0 saturated heterocycles. The zero-order chi connectivity index (χ0) is 22.1. The van der Waals surface area contributed by atoms with Gasteiger partial charge in [-0.15, -0.1) is 0 Å². The summed E-state index contributed by atoms with van der Waals surface area (Å²) in [6.45, 7) is 0.0909. The van der Waals surface area contributed by atoms with Crippen LogP contribution in [0.25, 0.3) is 0 Å². The molecular weight excluding hydrogens is 404 g/mol. The maximum absolute atomic E-state index is 12.8. The van der Waals surface area contributed by atoms with Crippen LogP contribution in [0, 0.1) is 17.8 Å². The topological polar surface area (TPSA) is 76.7 Å². The molecule has 32 heavy (non-hydrogen) atoms. The molecule has 6 rings (SSSR count). The van der Waals surface area contributed by atoms with Crippen molar-refractivity contribution in [1.29, 1.82) is 0 Å². The predicted molar refractivity (Wildman–Crippen MR) is 122 cm³/mol. The smallest absolute Gasteiger partial charge is 0.315 e. The summed E-state index contributed by atoms with van der Waals surface area (Å²) in [4.78, 5) is 24.7. The summed E-state index contributed by atoms with van der Waals surface area (Å²) in [7, 11) is 1.52. The maximum Gasteiger partial charge on any atom is 0.315 e. The van der Waals surface area contributed by atoms with Crippen LogP contribution in [0.15, 0.2) is 24.3 Å². The number of Topliss-reactive ketones (excluding diaryl/α,β-unsaturated/α-hetero) is 1. The molecule has 0 spiro atoms. The lowest BCUT2D eigenvalue weighted by molar-refractivity contribution is -0.0138. The van der Waals surface area contributed by atoms with Crippen LogP contribution in [-0.4, -0.2) is 43.2 Å². The SMILES string of the molecule is COCC(=O)c1ccc(O[C@H]2CC[C@@H](NC(=O)NC34CC5CC(CC(C5)C3)C4)CC2)cc1. The Bertz CT molecular complexity index is 793. The van der Waals surface area contributed by atoms with Crippen LogP contribution in [0.5, 0.6) is 5.75 Å². The second kappa shape index (κ2) is 9.05. The minimum absolute atomic E-state index is 0.0301. The van der Waals surface area contributed by atoms with Crippen LogP contribution in [0.4, 0.5) is 4.79 Å². The molecule has 4 bridgehead atoms. The third kappa shape index (κ3) is 4.80. The number of carbonyl (C=O) groups excluding carboxylic acids is 2. The number of urea groups is 1. The number of hydrogen-bond donors (Lipinski definition) is 2. The van der Waals surface area contributed by atoms with E-state index in [9.17, 15) is 9.59 Å². The highest BCUT2D eigenvalue weighted by atomic mass is 16.5. The van der Waals surface area contributed by atoms with Crippen LogP contribution in [0.1, 0.15) is 74.6 Å². The number of nitrogens with one attached hydrogen (secondary N) is 2. The van der Waals surface area contributed by atoms with Crippen molar-refractivity contribution in [1.82, 2.24) is 10.6 Å². The fraction of sp³-hybridized carbons (Fsp3) is 0.692. The minimum Gasteiger partial charge on any atom is -0.490 e. The van der Waals surface area contributed by atoms with Gasteiger partial charge in [-0.25, -0.2) is 4.79 Å². The predicted octanol–water partition coefficient (Wildman–Crippen LogP) is 4.47. The van der Waals surface area contributed by atoms with Crippen molar-refractivity contribution in [2.45, 2.75) is 81.9 Å². The first-order valence-electron chi connectivity index (χ1n) is 12.4. The highest BCUT2D eigenvalue weighted by molar-refractivity contribution is 5.97. The molecule has 1 aromatic rings. The van der Waals surface area contributed by atoms with E-state index in [1.165, 1.54) is 45.6 Å². The second-order valence-electron chi connectivity index (χ2n) is 10.8. The van der Waals surface area contributed by atoms with E-state index in [-0.39, 0.29) is 36.1 Å². The molecule has 1 aromatic carbocycles. The summed E-state index contributed by atoms with van der Waals surface area (Å²) in [6, 6.07) is 7.54. The Balaban J connectivity index is 1.06. The third-order valence-corrected chi connectivity index (χ3v) is 8.18. The molecule has 0 atom stereocenters. The van der Waals surface area contributed by atoms with Crippen LogP contribution >= 0.6 is 0 Å². The number of benzene rings is 1. The Kier molecular flexibility index (Phi) is 6.15. The molecular formula is C26H36N2O4. The van der Waals surface area contributed by atoms with Crippen LogP contribution in [0.3, 0.4) is 0 Å². The number of rotatable bonds is 7. The van der Waals surface area contributed by atoms with Gasteiger partial charge < -0.3 is 20.1 Å². The van der Waals surface area contributed by atoms with Crippen molar-refractivity contribution < 1.29 is 19.1 Å². The first kappa shape index (κ1) is 21.7. The summed E-state index contributed by atoms with van der Waals surface area (Å²) in [5.74, 6) is 3.26. The van der Waals surface area contributed by atoms with E-state index < -0.39 is 0 Å². The van der Waals surface area contributed by atoms with Crippen molar-refractivity contribution in [3.8, 4) is 5.75 Å². The summed E-state index contributed by atoms with van der Waals surface area (Å²) in [6.07, 6.45) is 11.6. The molecule has 5 saturated carbocycles. The molecule has 0 radical (unpaired) electrons. The molecule has 2 N–H and O–H groups in total. The molecule has 5 fully saturated rings. The van der Waals surface area contributed by atoms with Gasteiger partial charge in [0.1, 0.15) is 12.4 Å². The highest BCUT2D eigenvalue weighted by Gasteiger charge is 2.51. The summed E-state index contributed by atoms with van der Waals surface area (Å²) < 4.78 is 11.0. The lowest BCUT2D eigenvalue weighted by atomic mass is 9.53. The minimum atomic E-state index is -0.0301. The Morgan fingerprint density at radius 2 is 1.53 bits per heavy atom. The van der Waals surface area contributed by atoms with E-state index >= 15 is 0 Å². The van der Waals surface area contributed by atoms with Gasteiger partial charge in [-0.1, -0.05) is 0 Å². The van der Waals surface area contributed by atoms with Crippen molar-refractivity contribution in [3.63, 3.8) is 0 Å². The third-order valence-electron chi connectivity index (χ3n) is 8.18. The van der Waals surface area contributed by atoms with Gasteiger partial charge in [-0.2, -0.15) is 0 Å². The lowest BCUT2D eigenvalue weighted by Crippen LogP contribution is -2.62. The molecule has 0 aliphatic heterocycles. The van der Waals surface area contributed by atoms with E-state index in [1.54, 1.807) is 12.1 Å². The van der Waals surface area contributed by atoms with Gasteiger partial charge >= 0.3 is 6.03 Å². The molecule has 5 aliphatic carbocycles. The Hall–Kier alpha value is -2.08. The number of ketones is 1. The number of amides is 2. The average Bonchev–Trinajstić information content (AvgIpc) is 2.74. The van der Waals surface area contributed by atoms with Crippen LogP contribution in [-0.2, 0) is 4.74 Å². The zero-order valence-electron chi connectivity index (χ0n) is 19.1. The van der Waals surface area contributed by atoms with E-state index in [0.717, 1.165) is 49.2 Å². The number of carbonyl (C=O) groups is 2. The van der Waals surface area contributed by atoms with E-state index in [2.05, 4.69) is 10.6 Å². The molecule has 174 valence electrons. The zero-order valence-corrected chi connectivity index (χ0v) is 19.1. The largest absolute Gasteiger partial charge is 0.490 e. The van der Waals surface area contributed by atoms with Gasteiger partial charge in [0.15, 0.2) is 5.78 Å². The van der Waals surface area contributed by atoms with E-state index in [4.69, 9.17) is 9.47 Å². The van der Waals surface area contributed by atoms with Gasteiger partial charge in [-0.3, -0.25) is 4.79 Å². The number of ether oxygens (including phenoxy) is 2. The molecule has 0 heterocycles. The quantitative estimate of drug-likeness (QED) is 0.613. The number of hydrogen-bond acceptors (Lipinski definition) is 4. The van der Waals surface area contributed by atoms with Gasteiger partial charge in [0.2, 0.25) is 0 Å². The first-order chi connectivity index (χ1) is 15.5. The maximum atomic E-state index is 12.8. The molecule has 2 amide bonds. The number of methoxy groups -OCH3 is 1. The molecule has 6 nitrogen and oxygen atoms in total. The van der Waals surface area contributed by atoms with Crippen molar-refractivity contribution in [2.24, 2.45) is 17.8 Å². The molecule has 0 aromatic heterocycles. The second-order valence-corrected chi connectivity index (χ2v) is 10.8. The van der Waals surface area contributed by atoms with Gasteiger partial charge in [-0.05, 0) is 106 Å². The van der Waals surface area contributed by atoms with Gasteiger partial charge in [0.25, 0.3) is 0 Å². The Morgan fingerprint density at radius 1 is 0.938 bits per heavy atom. The summed E-state index contributed by atoms with van der Waals surface area (Å²) >= 11 is 0. The monoisotopic (exact) mass is 440 g/mol. The molecule has 6 heteroatoms.